The summed E-state index contributed by atoms with van der Waals surface area (Å²) in [5.41, 5.74) is 9.79. The van der Waals surface area contributed by atoms with Crippen molar-refractivity contribution in [3.63, 3.8) is 0 Å². The highest BCUT2D eigenvalue weighted by molar-refractivity contribution is 5.35. The summed E-state index contributed by atoms with van der Waals surface area (Å²) >= 11 is 0. The molecule has 0 aliphatic heterocycles. The first-order chi connectivity index (χ1) is 8.15. The molecule has 0 radical (unpaired) electrons. The van der Waals surface area contributed by atoms with Gasteiger partial charge in [-0.3, -0.25) is 0 Å². The number of aromatic nitrogens is 2. The molecule has 17 heavy (non-hydrogen) atoms. The molecule has 0 spiro atoms. The summed E-state index contributed by atoms with van der Waals surface area (Å²) in [5.74, 6) is 0. The molecule has 0 bridgehead atoms. The van der Waals surface area contributed by atoms with Crippen LogP contribution in [0.2, 0.25) is 0 Å². The Labute approximate surface area is 101 Å². The van der Waals surface area contributed by atoms with Crippen molar-refractivity contribution < 1.29 is 0 Å². The third kappa shape index (κ3) is 2.24. The van der Waals surface area contributed by atoms with Crippen molar-refractivity contribution in [1.82, 2.24) is 9.78 Å². The normalized spacial score (nSPS) is 17.1. The van der Waals surface area contributed by atoms with Gasteiger partial charge in [0.05, 0.1) is 11.9 Å². The maximum Gasteiger partial charge on any atom is 0.0645 e. The molecule has 0 atom stereocenters. The quantitative estimate of drug-likeness (QED) is 0.873. The number of rotatable bonds is 3. The molecule has 1 aromatic heterocycles. The highest BCUT2D eigenvalue weighted by Crippen LogP contribution is 2.35. The molecule has 1 heterocycles. The second-order valence-corrected chi connectivity index (χ2v) is 5.17. The fourth-order valence-corrected chi connectivity index (χ4v) is 2.06. The van der Waals surface area contributed by atoms with Crippen molar-refractivity contribution in [1.29, 1.82) is 0 Å². The van der Waals surface area contributed by atoms with Crippen molar-refractivity contribution in [2.45, 2.75) is 31.7 Å². The van der Waals surface area contributed by atoms with Gasteiger partial charge >= 0.3 is 0 Å². The fourth-order valence-electron chi connectivity index (χ4n) is 2.06. The van der Waals surface area contributed by atoms with Gasteiger partial charge in [-0.25, -0.2) is 4.68 Å². The van der Waals surface area contributed by atoms with E-state index < -0.39 is 0 Å². The van der Waals surface area contributed by atoms with Gasteiger partial charge in [0.1, 0.15) is 0 Å². The van der Waals surface area contributed by atoms with Crippen LogP contribution in [0.1, 0.15) is 24.0 Å². The molecule has 2 aromatic rings. The van der Waals surface area contributed by atoms with Crippen LogP contribution in [0.5, 0.6) is 0 Å². The van der Waals surface area contributed by atoms with Crippen molar-refractivity contribution in [2.24, 2.45) is 5.73 Å². The number of nitrogens with zero attached hydrogens (tertiary/aromatic N) is 2. The van der Waals surface area contributed by atoms with Gasteiger partial charge in [-0.2, -0.15) is 5.10 Å². The van der Waals surface area contributed by atoms with Crippen LogP contribution >= 0.6 is 0 Å². The van der Waals surface area contributed by atoms with E-state index in [-0.39, 0.29) is 5.54 Å². The van der Waals surface area contributed by atoms with Crippen LogP contribution in [-0.2, 0) is 6.42 Å². The number of hydrogen-bond donors (Lipinski definition) is 1. The zero-order valence-electron chi connectivity index (χ0n) is 10.1. The third-order valence-corrected chi connectivity index (χ3v) is 3.36. The Morgan fingerprint density at radius 1 is 1.29 bits per heavy atom. The molecular weight excluding hydrogens is 210 g/mol. The molecular formula is C14H17N3. The summed E-state index contributed by atoms with van der Waals surface area (Å²) < 4.78 is 1.90. The van der Waals surface area contributed by atoms with Crippen molar-refractivity contribution in [3.8, 4) is 5.69 Å². The van der Waals surface area contributed by atoms with E-state index in [0.29, 0.717) is 0 Å². The van der Waals surface area contributed by atoms with Crippen LogP contribution in [0, 0.1) is 6.92 Å². The maximum absolute atomic E-state index is 6.11. The minimum absolute atomic E-state index is 0.0871. The van der Waals surface area contributed by atoms with Gasteiger partial charge in [0.15, 0.2) is 0 Å². The Morgan fingerprint density at radius 2 is 2.00 bits per heavy atom. The third-order valence-electron chi connectivity index (χ3n) is 3.36. The van der Waals surface area contributed by atoms with Crippen LogP contribution in [-0.4, -0.2) is 15.3 Å². The Kier molecular flexibility index (Phi) is 2.30. The average molecular weight is 227 g/mol. The van der Waals surface area contributed by atoms with Crippen LogP contribution in [0.4, 0.5) is 0 Å². The van der Waals surface area contributed by atoms with Gasteiger partial charge in [-0.1, -0.05) is 12.1 Å². The first-order valence-corrected chi connectivity index (χ1v) is 6.04. The van der Waals surface area contributed by atoms with Gasteiger partial charge in [0.2, 0.25) is 0 Å². The van der Waals surface area contributed by atoms with Crippen molar-refractivity contribution >= 4 is 0 Å². The fraction of sp³-hybridized carbons (Fsp3) is 0.357. The minimum atomic E-state index is 0.0871. The lowest BCUT2D eigenvalue weighted by molar-refractivity contribution is 0.672. The molecule has 0 unspecified atom stereocenters. The molecule has 3 nitrogen and oxygen atoms in total. The summed E-state index contributed by atoms with van der Waals surface area (Å²) in [6.07, 6.45) is 7.21. The SMILES string of the molecule is Cc1cnn(-c2ccc(CC3(N)CC3)cc2)c1. The lowest BCUT2D eigenvalue weighted by atomic mass is 10.0. The number of aryl methyl sites for hydroxylation is 1. The molecule has 0 amide bonds. The van der Waals surface area contributed by atoms with Crippen LogP contribution in [0.25, 0.3) is 5.69 Å². The second-order valence-electron chi connectivity index (χ2n) is 5.17. The molecule has 88 valence electrons. The number of hydrogen-bond acceptors (Lipinski definition) is 2. The zero-order valence-corrected chi connectivity index (χ0v) is 10.1. The Bertz CT molecular complexity index is 521. The lowest BCUT2D eigenvalue weighted by Crippen LogP contribution is -2.24. The van der Waals surface area contributed by atoms with E-state index in [1.165, 1.54) is 11.1 Å². The van der Waals surface area contributed by atoms with Crippen LogP contribution in [0.15, 0.2) is 36.7 Å². The van der Waals surface area contributed by atoms with Crippen molar-refractivity contribution in [3.05, 3.63) is 47.8 Å². The number of benzene rings is 1. The standard InChI is InChI=1S/C14H17N3/c1-11-9-16-17(10-11)13-4-2-12(3-5-13)8-14(15)6-7-14/h2-5,9-10H,6-8,15H2,1H3. The molecule has 1 fully saturated rings. The van der Waals surface area contributed by atoms with E-state index >= 15 is 0 Å². The molecule has 3 heteroatoms. The molecule has 1 aliphatic carbocycles. The smallest absolute Gasteiger partial charge is 0.0645 e. The summed E-state index contributed by atoms with van der Waals surface area (Å²) in [7, 11) is 0. The van der Waals surface area contributed by atoms with E-state index in [1.54, 1.807) is 0 Å². The van der Waals surface area contributed by atoms with E-state index in [1.807, 2.05) is 24.0 Å². The average Bonchev–Trinajstić information content (AvgIpc) is 2.87. The summed E-state index contributed by atoms with van der Waals surface area (Å²) in [6.45, 7) is 2.04. The molecule has 3 rings (SSSR count). The van der Waals surface area contributed by atoms with E-state index in [9.17, 15) is 0 Å². The first kappa shape index (κ1) is 10.5. The minimum Gasteiger partial charge on any atom is -0.325 e. The van der Waals surface area contributed by atoms with E-state index in [0.717, 1.165) is 24.9 Å². The topological polar surface area (TPSA) is 43.8 Å². The predicted molar refractivity (Wildman–Crippen MR) is 68.2 cm³/mol. The highest BCUT2D eigenvalue weighted by Gasteiger charge is 2.37. The van der Waals surface area contributed by atoms with Gasteiger partial charge in [-0.15, -0.1) is 0 Å². The first-order valence-electron chi connectivity index (χ1n) is 6.04. The largest absolute Gasteiger partial charge is 0.325 e. The van der Waals surface area contributed by atoms with Crippen molar-refractivity contribution in [2.75, 3.05) is 0 Å². The highest BCUT2D eigenvalue weighted by atomic mass is 15.3. The Morgan fingerprint density at radius 3 is 2.53 bits per heavy atom. The Balaban J connectivity index is 1.80. The molecule has 2 N–H and O–H groups in total. The van der Waals surface area contributed by atoms with Gasteiger partial charge in [0, 0.05) is 11.7 Å². The van der Waals surface area contributed by atoms with Gasteiger partial charge in [0.25, 0.3) is 0 Å². The van der Waals surface area contributed by atoms with Gasteiger partial charge < -0.3 is 5.73 Å². The molecule has 0 saturated heterocycles. The van der Waals surface area contributed by atoms with Gasteiger partial charge in [-0.05, 0) is 49.4 Å². The van der Waals surface area contributed by atoms with Crippen LogP contribution < -0.4 is 5.73 Å². The van der Waals surface area contributed by atoms with E-state index in [2.05, 4.69) is 29.4 Å². The van der Waals surface area contributed by atoms with E-state index in [4.69, 9.17) is 5.73 Å². The second kappa shape index (κ2) is 3.70. The monoisotopic (exact) mass is 227 g/mol. The lowest BCUT2D eigenvalue weighted by Gasteiger charge is -2.09. The summed E-state index contributed by atoms with van der Waals surface area (Å²) in [4.78, 5) is 0. The summed E-state index contributed by atoms with van der Waals surface area (Å²) in [5, 5.41) is 4.29. The number of nitrogens with two attached hydrogens (primary N) is 1. The zero-order chi connectivity index (χ0) is 11.9. The molecule has 1 aromatic carbocycles. The predicted octanol–water partition coefficient (Wildman–Crippen LogP) is 2.21. The maximum atomic E-state index is 6.11. The Hall–Kier alpha value is -1.61. The molecule has 1 aliphatic rings. The van der Waals surface area contributed by atoms with Crippen LogP contribution in [0.3, 0.4) is 0 Å². The summed E-state index contributed by atoms with van der Waals surface area (Å²) in [6, 6.07) is 8.51. The molecule has 1 saturated carbocycles.